The van der Waals surface area contributed by atoms with Crippen LogP contribution in [0.15, 0.2) is 35.3 Å². The lowest BCUT2D eigenvalue weighted by molar-refractivity contribution is -0.116. The first-order valence-electron chi connectivity index (χ1n) is 6.26. The van der Waals surface area contributed by atoms with Crippen molar-refractivity contribution >= 4 is 51.9 Å². The quantitative estimate of drug-likeness (QED) is 0.633. The summed E-state index contributed by atoms with van der Waals surface area (Å²) in [6, 6.07) is 3.74. The highest BCUT2D eigenvalue weighted by atomic mass is 79.9. The molecule has 0 aliphatic heterocycles. The van der Waals surface area contributed by atoms with Gasteiger partial charge < -0.3 is 4.90 Å². The summed E-state index contributed by atoms with van der Waals surface area (Å²) in [5.41, 5.74) is 1.56. The van der Waals surface area contributed by atoms with E-state index in [0.717, 1.165) is 11.4 Å². The second-order valence-corrected chi connectivity index (χ2v) is 6.69. The molecule has 0 bridgehead atoms. The Balaban J connectivity index is 2.35. The van der Waals surface area contributed by atoms with E-state index in [1.165, 1.54) is 11.8 Å². The highest BCUT2D eigenvalue weighted by Crippen LogP contribution is 2.28. The molecule has 112 valence electrons. The zero-order chi connectivity index (χ0) is 15.4. The van der Waals surface area contributed by atoms with Crippen molar-refractivity contribution in [1.82, 2.24) is 14.8 Å². The predicted molar refractivity (Wildman–Crippen MR) is 93.4 cm³/mol. The first-order valence-corrected chi connectivity index (χ1v) is 8.86. The van der Waals surface area contributed by atoms with Crippen LogP contribution >= 0.6 is 40.3 Å². The standard InChI is InChI=1S/C13H15BrN4OS2/c1-3-17(12(19)13(20)21-2)10-8-18(16-11(10)14)9-5-4-6-15-7-9/h4-8,13,20H,3H2,1-2H3. The summed E-state index contributed by atoms with van der Waals surface area (Å²) in [6.45, 7) is 2.47. The van der Waals surface area contributed by atoms with Crippen LogP contribution in [0.3, 0.4) is 0 Å². The van der Waals surface area contributed by atoms with E-state index >= 15 is 0 Å². The van der Waals surface area contributed by atoms with Gasteiger partial charge >= 0.3 is 0 Å². The van der Waals surface area contributed by atoms with Gasteiger partial charge in [0.2, 0.25) is 5.91 Å². The van der Waals surface area contributed by atoms with E-state index in [-0.39, 0.29) is 5.91 Å². The fraction of sp³-hybridized carbons (Fsp3) is 0.308. The number of carbonyl (C=O) groups is 1. The molecule has 8 heteroatoms. The summed E-state index contributed by atoms with van der Waals surface area (Å²) < 4.78 is 1.91. The van der Waals surface area contributed by atoms with Crippen LogP contribution in [0.2, 0.25) is 0 Å². The van der Waals surface area contributed by atoms with Gasteiger partial charge in [0.05, 0.1) is 23.8 Å². The molecule has 2 heterocycles. The van der Waals surface area contributed by atoms with Gasteiger partial charge in [-0.3, -0.25) is 9.78 Å². The molecule has 2 rings (SSSR count). The monoisotopic (exact) mass is 386 g/mol. The molecule has 0 fully saturated rings. The minimum absolute atomic E-state index is 0.0558. The molecule has 0 spiro atoms. The molecule has 0 aliphatic rings. The number of halogens is 1. The largest absolute Gasteiger partial charge is 0.307 e. The number of rotatable bonds is 5. The van der Waals surface area contributed by atoms with Crippen LogP contribution in [0.5, 0.6) is 0 Å². The molecule has 21 heavy (non-hydrogen) atoms. The number of thiol groups is 1. The topological polar surface area (TPSA) is 51.0 Å². The van der Waals surface area contributed by atoms with Gasteiger partial charge in [-0.1, -0.05) is 0 Å². The number of amides is 1. The van der Waals surface area contributed by atoms with Crippen LogP contribution in [0.1, 0.15) is 6.92 Å². The Labute approximate surface area is 141 Å². The van der Waals surface area contributed by atoms with Gasteiger partial charge in [0, 0.05) is 12.7 Å². The molecule has 1 unspecified atom stereocenters. The Morgan fingerprint density at radius 1 is 1.62 bits per heavy atom. The highest BCUT2D eigenvalue weighted by molar-refractivity contribution is 9.10. The fourth-order valence-electron chi connectivity index (χ4n) is 1.83. The van der Waals surface area contributed by atoms with Gasteiger partial charge in [-0.15, -0.1) is 11.8 Å². The number of carbonyl (C=O) groups excluding carboxylic acids is 1. The molecule has 0 N–H and O–H groups in total. The normalized spacial score (nSPS) is 12.2. The lowest BCUT2D eigenvalue weighted by Gasteiger charge is -2.22. The van der Waals surface area contributed by atoms with Crippen molar-refractivity contribution in [3.8, 4) is 5.69 Å². The first-order chi connectivity index (χ1) is 10.1. The van der Waals surface area contributed by atoms with E-state index in [4.69, 9.17) is 0 Å². The Bertz CT molecular complexity index is 620. The maximum absolute atomic E-state index is 12.4. The van der Waals surface area contributed by atoms with Crippen LogP contribution in [-0.4, -0.2) is 38.1 Å². The van der Waals surface area contributed by atoms with Crippen molar-refractivity contribution < 1.29 is 4.79 Å². The van der Waals surface area contributed by atoms with Crippen LogP contribution in [0.4, 0.5) is 5.69 Å². The molecule has 0 aliphatic carbocycles. The lowest BCUT2D eigenvalue weighted by atomic mass is 10.4. The summed E-state index contributed by atoms with van der Waals surface area (Å²) in [7, 11) is 0. The van der Waals surface area contributed by atoms with Crippen LogP contribution in [0.25, 0.3) is 5.69 Å². The first kappa shape index (κ1) is 16.4. The van der Waals surface area contributed by atoms with Crippen molar-refractivity contribution in [3.63, 3.8) is 0 Å². The lowest BCUT2D eigenvalue weighted by Crippen LogP contribution is -2.35. The van der Waals surface area contributed by atoms with Crippen molar-refractivity contribution in [1.29, 1.82) is 0 Å². The van der Waals surface area contributed by atoms with Crippen molar-refractivity contribution in [3.05, 3.63) is 35.3 Å². The van der Waals surface area contributed by atoms with E-state index in [1.54, 1.807) is 22.0 Å². The van der Waals surface area contributed by atoms with Gasteiger partial charge in [0.15, 0.2) is 4.60 Å². The summed E-state index contributed by atoms with van der Waals surface area (Å²) in [5.74, 6) is -0.0558. The van der Waals surface area contributed by atoms with Crippen LogP contribution < -0.4 is 4.90 Å². The number of nitrogens with zero attached hydrogens (tertiary/aromatic N) is 4. The SMILES string of the molecule is CCN(C(=O)C(S)SC)c1cn(-c2cccnc2)nc1Br. The third-order valence-corrected chi connectivity index (χ3v) is 4.94. The molecule has 0 aromatic carbocycles. The summed E-state index contributed by atoms with van der Waals surface area (Å²) >= 11 is 9.12. The molecule has 2 aromatic rings. The molecule has 0 saturated heterocycles. The molecule has 0 saturated carbocycles. The van der Waals surface area contributed by atoms with Gasteiger partial charge in [0.1, 0.15) is 4.58 Å². The van der Waals surface area contributed by atoms with E-state index in [1.807, 2.05) is 31.5 Å². The van der Waals surface area contributed by atoms with Crippen molar-refractivity contribution in [2.75, 3.05) is 17.7 Å². The van der Waals surface area contributed by atoms with Crippen molar-refractivity contribution in [2.24, 2.45) is 0 Å². The smallest absolute Gasteiger partial charge is 0.250 e. The molecule has 1 atom stereocenters. The molecule has 1 amide bonds. The van der Waals surface area contributed by atoms with E-state index in [2.05, 4.69) is 38.6 Å². The number of pyridine rings is 1. The third kappa shape index (κ3) is 3.61. The molecule has 5 nitrogen and oxygen atoms in total. The summed E-state index contributed by atoms with van der Waals surface area (Å²) in [4.78, 5) is 18.1. The molecule has 0 radical (unpaired) electrons. The highest BCUT2D eigenvalue weighted by Gasteiger charge is 2.24. The second-order valence-electron chi connectivity index (χ2n) is 4.13. The average Bonchev–Trinajstić information content (AvgIpc) is 2.90. The Kier molecular flexibility index (Phi) is 5.72. The Hall–Kier alpha value is -0.990. The number of aromatic nitrogens is 3. The van der Waals surface area contributed by atoms with Crippen LogP contribution in [0, 0.1) is 0 Å². The number of anilines is 1. The predicted octanol–water partition coefficient (Wildman–Crippen LogP) is 3.00. The summed E-state index contributed by atoms with van der Waals surface area (Å²) in [5, 5.41) is 4.38. The Morgan fingerprint density at radius 3 is 2.95 bits per heavy atom. The van der Waals surface area contributed by atoms with Crippen LogP contribution in [-0.2, 0) is 4.79 Å². The number of thioether (sulfide) groups is 1. The van der Waals surface area contributed by atoms with E-state index in [0.29, 0.717) is 11.1 Å². The minimum Gasteiger partial charge on any atom is -0.307 e. The average molecular weight is 387 g/mol. The number of hydrogen-bond donors (Lipinski definition) is 1. The molecular formula is C13H15BrN4OS2. The number of hydrogen-bond acceptors (Lipinski definition) is 5. The molecule has 2 aromatic heterocycles. The molecular weight excluding hydrogens is 372 g/mol. The zero-order valence-electron chi connectivity index (χ0n) is 11.6. The van der Waals surface area contributed by atoms with Gasteiger partial charge in [0.25, 0.3) is 0 Å². The van der Waals surface area contributed by atoms with Gasteiger partial charge in [-0.25, -0.2) is 4.68 Å². The summed E-state index contributed by atoms with van der Waals surface area (Å²) in [6.07, 6.45) is 7.08. The van der Waals surface area contributed by atoms with E-state index < -0.39 is 4.58 Å². The van der Waals surface area contributed by atoms with Gasteiger partial charge in [-0.05, 0) is 41.2 Å². The third-order valence-electron chi connectivity index (χ3n) is 2.87. The van der Waals surface area contributed by atoms with Gasteiger partial charge in [-0.2, -0.15) is 17.7 Å². The Morgan fingerprint density at radius 2 is 2.38 bits per heavy atom. The van der Waals surface area contributed by atoms with Crippen molar-refractivity contribution in [2.45, 2.75) is 11.5 Å². The second kappa shape index (κ2) is 7.33. The minimum atomic E-state index is -0.390. The zero-order valence-corrected chi connectivity index (χ0v) is 14.9. The maximum atomic E-state index is 12.4. The van der Waals surface area contributed by atoms with E-state index in [9.17, 15) is 4.79 Å². The maximum Gasteiger partial charge on any atom is 0.250 e. The fourth-order valence-corrected chi connectivity index (χ4v) is 2.78.